The second-order valence-corrected chi connectivity index (χ2v) is 4.06. The summed E-state index contributed by atoms with van der Waals surface area (Å²) in [5.74, 6) is 1.72. The predicted octanol–water partition coefficient (Wildman–Crippen LogP) is 2.78. The molecule has 1 aromatic carbocycles. The van der Waals surface area contributed by atoms with Gasteiger partial charge in [-0.3, -0.25) is 4.99 Å². The van der Waals surface area contributed by atoms with Crippen molar-refractivity contribution < 1.29 is 4.74 Å². The molecule has 108 valence electrons. The Morgan fingerprint density at radius 2 is 2.11 bits per heavy atom. The van der Waals surface area contributed by atoms with Crippen LogP contribution in [0, 0.1) is 0 Å². The minimum Gasteiger partial charge on any atom is -0.497 e. The van der Waals surface area contributed by atoms with Gasteiger partial charge in [-0.1, -0.05) is 25.5 Å². The van der Waals surface area contributed by atoms with Crippen molar-refractivity contribution in [3.8, 4) is 5.75 Å². The summed E-state index contributed by atoms with van der Waals surface area (Å²) in [6.07, 6.45) is 2.33. The molecule has 0 aliphatic carbocycles. The maximum Gasteiger partial charge on any atom is 0.191 e. The number of hydrogen-bond acceptors (Lipinski definition) is 2. The molecule has 0 atom stereocenters. The molecule has 1 rings (SSSR count). The van der Waals surface area contributed by atoms with Gasteiger partial charge in [-0.25, -0.2) is 0 Å². The number of nitrogens with one attached hydrogen (secondary N) is 2. The Labute approximate surface area is 133 Å². The second kappa shape index (κ2) is 10.9. The first-order valence-corrected chi connectivity index (χ1v) is 6.37. The van der Waals surface area contributed by atoms with Gasteiger partial charge in [0.15, 0.2) is 5.96 Å². The average Bonchev–Trinajstić information content (AvgIpc) is 2.43. The third kappa shape index (κ3) is 7.25. The predicted molar refractivity (Wildman–Crippen MR) is 91.5 cm³/mol. The van der Waals surface area contributed by atoms with Crippen molar-refractivity contribution in [3.63, 3.8) is 0 Å². The number of nitrogens with zero attached hydrogens (tertiary/aromatic N) is 1. The van der Waals surface area contributed by atoms with E-state index in [1.807, 2.05) is 18.2 Å². The van der Waals surface area contributed by atoms with E-state index < -0.39 is 0 Å². The topological polar surface area (TPSA) is 45.7 Å². The van der Waals surface area contributed by atoms with Gasteiger partial charge in [0.25, 0.3) is 0 Å². The first kappa shape index (κ1) is 18.0. The van der Waals surface area contributed by atoms with Crippen LogP contribution in [0.3, 0.4) is 0 Å². The third-order valence-electron chi connectivity index (χ3n) is 2.64. The van der Waals surface area contributed by atoms with E-state index in [1.165, 1.54) is 12.0 Å². The highest BCUT2D eigenvalue weighted by Crippen LogP contribution is 2.11. The van der Waals surface area contributed by atoms with E-state index in [9.17, 15) is 0 Å². The SMILES string of the molecule is CCCCNC(=NC)NCc1cccc(OC)c1.I. The fourth-order valence-electron chi connectivity index (χ4n) is 1.57. The summed E-state index contributed by atoms with van der Waals surface area (Å²) in [7, 11) is 3.46. The van der Waals surface area contributed by atoms with Gasteiger partial charge in [0.1, 0.15) is 5.75 Å². The van der Waals surface area contributed by atoms with Gasteiger partial charge in [-0.15, -0.1) is 24.0 Å². The Balaban J connectivity index is 0.00000324. The molecule has 0 saturated carbocycles. The molecule has 19 heavy (non-hydrogen) atoms. The molecule has 5 heteroatoms. The van der Waals surface area contributed by atoms with Gasteiger partial charge in [-0.2, -0.15) is 0 Å². The smallest absolute Gasteiger partial charge is 0.191 e. The van der Waals surface area contributed by atoms with Crippen LogP contribution in [0.15, 0.2) is 29.3 Å². The van der Waals surface area contributed by atoms with E-state index in [2.05, 4.69) is 28.6 Å². The summed E-state index contributed by atoms with van der Waals surface area (Å²) in [5, 5.41) is 6.56. The lowest BCUT2D eigenvalue weighted by molar-refractivity contribution is 0.414. The number of unbranched alkanes of at least 4 members (excludes halogenated alkanes) is 1. The van der Waals surface area contributed by atoms with Crippen LogP contribution in [-0.4, -0.2) is 26.7 Å². The molecule has 0 saturated heterocycles. The number of rotatable bonds is 6. The molecular weight excluding hydrogens is 353 g/mol. The van der Waals surface area contributed by atoms with Crippen molar-refractivity contribution in [1.29, 1.82) is 0 Å². The molecule has 2 N–H and O–H groups in total. The molecule has 0 amide bonds. The zero-order chi connectivity index (χ0) is 13.2. The Morgan fingerprint density at radius 3 is 2.74 bits per heavy atom. The number of ether oxygens (including phenoxy) is 1. The van der Waals surface area contributed by atoms with Gasteiger partial charge in [-0.05, 0) is 24.1 Å². The van der Waals surface area contributed by atoms with E-state index in [1.54, 1.807) is 14.2 Å². The Kier molecular flexibility index (Phi) is 10.3. The van der Waals surface area contributed by atoms with Crippen molar-refractivity contribution in [3.05, 3.63) is 29.8 Å². The van der Waals surface area contributed by atoms with Gasteiger partial charge in [0.05, 0.1) is 7.11 Å². The van der Waals surface area contributed by atoms with Gasteiger partial charge in [0.2, 0.25) is 0 Å². The Bertz CT molecular complexity index is 383. The van der Waals surface area contributed by atoms with Gasteiger partial charge in [0, 0.05) is 20.1 Å². The summed E-state index contributed by atoms with van der Waals surface area (Å²) < 4.78 is 5.19. The summed E-state index contributed by atoms with van der Waals surface area (Å²) in [6.45, 7) is 3.87. The molecule has 0 bridgehead atoms. The highest BCUT2D eigenvalue weighted by atomic mass is 127. The van der Waals surface area contributed by atoms with Gasteiger partial charge >= 0.3 is 0 Å². The molecule has 4 nitrogen and oxygen atoms in total. The first-order chi connectivity index (χ1) is 8.80. The summed E-state index contributed by atoms with van der Waals surface area (Å²) in [4.78, 5) is 4.18. The number of methoxy groups -OCH3 is 1. The summed E-state index contributed by atoms with van der Waals surface area (Å²) in [6, 6.07) is 8.02. The molecule has 0 aliphatic rings. The fraction of sp³-hybridized carbons (Fsp3) is 0.500. The van der Waals surface area contributed by atoms with Crippen molar-refractivity contribution >= 4 is 29.9 Å². The molecule has 0 aromatic heterocycles. The molecule has 1 aromatic rings. The van der Waals surface area contributed by atoms with E-state index in [4.69, 9.17) is 4.74 Å². The van der Waals surface area contributed by atoms with E-state index >= 15 is 0 Å². The second-order valence-electron chi connectivity index (χ2n) is 4.06. The van der Waals surface area contributed by atoms with Crippen molar-refractivity contribution in [2.45, 2.75) is 26.3 Å². The van der Waals surface area contributed by atoms with Crippen molar-refractivity contribution in [1.82, 2.24) is 10.6 Å². The number of halogens is 1. The van der Waals surface area contributed by atoms with Crippen LogP contribution in [0.1, 0.15) is 25.3 Å². The number of aliphatic imine (C=N–C) groups is 1. The quantitative estimate of drug-likeness (QED) is 0.347. The van der Waals surface area contributed by atoms with E-state index in [0.717, 1.165) is 31.2 Å². The standard InChI is InChI=1S/C14H23N3O.HI/c1-4-5-9-16-14(15-2)17-11-12-7-6-8-13(10-12)18-3;/h6-8,10H,4-5,9,11H2,1-3H3,(H2,15,16,17);1H. The van der Waals surface area contributed by atoms with Crippen LogP contribution < -0.4 is 15.4 Å². The maximum atomic E-state index is 5.19. The average molecular weight is 377 g/mol. The third-order valence-corrected chi connectivity index (χ3v) is 2.64. The van der Waals surface area contributed by atoms with Crippen molar-refractivity contribution in [2.75, 3.05) is 20.7 Å². The molecule has 0 fully saturated rings. The number of benzene rings is 1. The highest BCUT2D eigenvalue weighted by molar-refractivity contribution is 14.0. The van der Waals surface area contributed by atoms with Crippen LogP contribution >= 0.6 is 24.0 Å². The zero-order valence-electron chi connectivity index (χ0n) is 11.9. The van der Waals surface area contributed by atoms with Crippen LogP contribution in [0.25, 0.3) is 0 Å². The van der Waals surface area contributed by atoms with Crippen LogP contribution in [0.4, 0.5) is 0 Å². The Morgan fingerprint density at radius 1 is 1.32 bits per heavy atom. The summed E-state index contributed by atoms with van der Waals surface area (Å²) >= 11 is 0. The fourth-order valence-corrected chi connectivity index (χ4v) is 1.57. The molecular formula is C14H24IN3O. The van der Waals surface area contributed by atoms with Gasteiger partial charge < -0.3 is 15.4 Å². The zero-order valence-corrected chi connectivity index (χ0v) is 14.2. The number of guanidine groups is 1. The molecule has 0 unspecified atom stereocenters. The van der Waals surface area contributed by atoms with Crippen LogP contribution in [0.2, 0.25) is 0 Å². The lowest BCUT2D eigenvalue weighted by atomic mass is 10.2. The summed E-state index contributed by atoms with van der Waals surface area (Å²) in [5.41, 5.74) is 1.17. The van der Waals surface area contributed by atoms with E-state index in [0.29, 0.717) is 0 Å². The molecule has 0 heterocycles. The van der Waals surface area contributed by atoms with Crippen LogP contribution in [0.5, 0.6) is 5.75 Å². The van der Waals surface area contributed by atoms with E-state index in [-0.39, 0.29) is 24.0 Å². The van der Waals surface area contributed by atoms with Crippen LogP contribution in [-0.2, 0) is 6.54 Å². The maximum absolute atomic E-state index is 5.19. The Hall–Kier alpha value is -0.980. The minimum atomic E-state index is 0. The lowest BCUT2D eigenvalue weighted by Gasteiger charge is -2.12. The molecule has 0 spiro atoms. The largest absolute Gasteiger partial charge is 0.497 e. The normalized spacial score (nSPS) is 10.6. The first-order valence-electron chi connectivity index (χ1n) is 6.37. The van der Waals surface area contributed by atoms with Crippen molar-refractivity contribution in [2.24, 2.45) is 4.99 Å². The monoisotopic (exact) mass is 377 g/mol. The lowest BCUT2D eigenvalue weighted by Crippen LogP contribution is -2.37. The molecule has 0 aliphatic heterocycles. The minimum absolute atomic E-state index is 0. The number of hydrogen-bond donors (Lipinski definition) is 2. The molecule has 0 radical (unpaired) electrons. The highest BCUT2D eigenvalue weighted by Gasteiger charge is 1.98.